The maximum Gasteiger partial charge on any atom is 0.354 e. The molecule has 0 aliphatic heterocycles. The van der Waals surface area contributed by atoms with Crippen LogP contribution in [0.2, 0.25) is 10.0 Å². The minimum absolute atomic E-state index is 0.00399. The molecular formula is C15H19Cl2N3O4. The number of rotatable bonds is 8. The zero-order valence-corrected chi connectivity index (χ0v) is 14.9. The Morgan fingerprint density at radius 2 is 1.75 bits per heavy atom. The van der Waals surface area contributed by atoms with E-state index in [1.54, 1.807) is 13.8 Å². The van der Waals surface area contributed by atoms with Crippen molar-refractivity contribution in [2.75, 3.05) is 24.4 Å². The van der Waals surface area contributed by atoms with Gasteiger partial charge in [-0.2, -0.15) is 5.10 Å². The molecule has 9 heteroatoms. The van der Waals surface area contributed by atoms with Gasteiger partial charge in [0.2, 0.25) is 0 Å². The molecule has 0 heterocycles. The van der Waals surface area contributed by atoms with E-state index in [4.69, 9.17) is 38.4 Å². The molecule has 1 aromatic carbocycles. The molecule has 1 aromatic rings. The van der Waals surface area contributed by atoms with Crippen molar-refractivity contribution in [1.29, 1.82) is 0 Å². The minimum Gasteiger partial charge on any atom is -0.466 e. The summed E-state index contributed by atoms with van der Waals surface area (Å²) in [5.41, 5.74) is 9.17. The summed E-state index contributed by atoms with van der Waals surface area (Å²) in [6.07, 6.45) is 0.0654. The number of carbonyl (C=O) groups is 2. The van der Waals surface area contributed by atoms with E-state index in [2.05, 4.69) is 10.5 Å². The third kappa shape index (κ3) is 6.25. The molecule has 0 radical (unpaired) electrons. The van der Waals surface area contributed by atoms with Crippen molar-refractivity contribution in [1.82, 2.24) is 0 Å². The summed E-state index contributed by atoms with van der Waals surface area (Å²) in [6, 6.07) is 2.95. The summed E-state index contributed by atoms with van der Waals surface area (Å²) >= 11 is 11.8. The maximum absolute atomic E-state index is 11.9. The monoisotopic (exact) mass is 375 g/mol. The highest BCUT2D eigenvalue weighted by molar-refractivity contribution is 6.42. The first kappa shape index (κ1) is 20.1. The first-order valence-corrected chi connectivity index (χ1v) is 8.04. The van der Waals surface area contributed by atoms with Crippen LogP contribution in [0.15, 0.2) is 17.2 Å². The van der Waals surface area contributed by atoms with Gasteiger partial charge in [0.15, 0.2) is 0 Å². The normalized spacial score (nSPS) is 11.1. The van der Waals surface area contributed by atoms with Gasteiger partial charge in [0.1, 0.15) is 5.71 Å². The molecule has 24 heavy (non-hydrogen) atoms. The average molecular weight is 376 g/mol. The second-order valence-corrected chi connectivity index (χ2v) is 5.36. The third-order valence-corrected chi connectivity index (χ3v) is 3.51. The number of nitrogen functional groups attached to an aromatic ring is 1. The Labute approximate surface area is 150 Å². The molecule has 0 saturated carbocycles. The third-order valence-electron chi connectivity index (χ3n) is 2.79. The molecule has 0 amide bonds. The number of anilines is 2. The number of nitrogens with two attached hydrogens (primary N) is 1. The van der Waals surface area contributed by atoms with Crippen LogP contribution in [0.4, 0.5) is 11.4 Å². The van der Waals surface area contributed by atoms with E-state index in [0.717, 1.165) is 0 Å². The summed E-state index contributed by atoms with van der Waals surface area (Å²) in [5, 5.41) is 4.57. The number of nitrogens with one attached hydrogen (secondary N) is 1. The van der Waals surface area contributed by atoms with Crippen molar-refractivity contribution in [2.24, 2.45) is 5.10 Å². The molecule has 0 saturated heterocycles. The van der Waals surface area contributed by atoms with Crippen molar-refractivity contribution in [3.63, 3.8) is 0 Å². The standard InChI is InChI=1S/C15H19Cl2N3O4/c1-3-23-14(21)6-5-12(15(22)24-4-2)19-20-13-8-10(17)9(16)7-11(13)18/h7-8,20H,3-6,18H2,1-2H3/b19-12+. The second-order valence-electron chi connectivity index (χ2n) is 4.55. The van der Waals surface area contributed by atoms with Gasteiger partial charge < -0.3 is 15.2 Å². The number of halogens is 2. The molecule has 0 fully saturated rings. The van der Waals surface area contributed by atoms with Gasteiger partial charge in [0.25, 0.3) is 0 Å². The number of carbonyl (C=O) groups excluding carboxylic acids is 2. The van der Waals surface area contributed by atoms with Crippen LogP contribution in [0.25, 0.3) is 0 Å². The highest BCUT2D eigenvalue weighted by atomic mass is 35.5. The van der Waals surface area contributed by atoms with E-state index >= 15 is 0 Å². The number of nitrogens with zero attached hydrogens (tertiary/aromatic N) is 1. The maximum atomic E-state index is 11.9. The Morgan fingerprint density at radius 3 is 2.38 bits per heavy atom. The van der Waals surface area contributed by atoms with E-state index in [-0.39, 0.29) is 36.8 Å². The zero-order valence-electron chi connectivity index (χ0n) is 13.4. The first-order valence-electron chi connectivity index (χ1n) is 7.28. The van der Waals surface area contributed by atoms with Crippen molar-refractivity contribution < 1.29 is 19.1 Å². The molecule has 132 valence electrons. The number of benzene rings is 1. The van der Waals surface area contributed by atoms with Gasteiger partial charge >= 0.3 is 11.9 Å². The SMILES string of the molecule is CCOC(=O)CC/C(=N\Nc1cc(Cl)c(Cl)cc1N)C(=O)OCC. The van der Waals surface area contributed by atoms with Crippen molar-refractivity contribution in [3.8, 4) is 0 Å². The lowest BCUT2D eigenvalue weighted by Gasteiger charge is -2.09. The summed E-state index contributed by atoms with van der Waals surface area (Å²) in [7, 11) is 0. The van der Waals surface area contributed by atoms with Gasteiger partial charge in [-0.25, -0.2) is 4.79 Å². The van der Waals surface area contributed by atoms with Crippen LogP contribution in [0.1, 0.15) is 26.7 Å². The lowest BCUT2D eigenvalue weighted by atomic mass is 10.2. The molecule has 0 spiro atoms. The molecule has 0 aliphatic rings. The number of hydrazone groups is 1. The van der Waals surface area contributed by atoms with E-state index in [0.29, 0.717) is 16.4 Å². The van der Waals surface area contributed by atoms with Gasteiger partial charge in [-0.05, 0) is 26.0 Å². The fraction of sp³-hybridized carbons (Fsp3) is 0.400. The fourth-order valence-corrected chi connectivity index (χ4v) is 1.99. The number of hydrogen-bond donors (Lipinski definition) is 2. The van der Waals surface area contributed by atoms with Crippen LogP contribution in [-0.2, 0) is 19.1 Å². The molecular weight excluding hydrogens is 357 g/mol. The Kier molecular flexibility index (Phi) is 8.35. The predicted octanol–water partition coefficient (Wildman–Crippen LogP) is 3.25. The molecule has 0 atom stereocenters. The lowest BCUT2D eigenvalue weighted by Crippen LogP contribution is -2.20. The Hall–Kier alpha value is -1.99. The van der Waals surface area contributed by atoms with Crippen LogP contribution in [-0.4, -0.2) is 30.9 Å². The van der Waals surface area contributed by atoms with Crippen molar-refractivity contribution >= 4 is 52.2 Å². The zero-order chi connectivity index (χ0) is 18.1. The van der Waals surface area contributed by atoms with Crippen LogP contribution in [0, 0.1) is 0 Å². The average Bonchev–Trinajstić information content (AvgIpc) is 2.52. The molecule has 7 nitrogen and oxygen atoms in total. The number of ether oxygens (including phenoxy) is 2. The quantitative estimate of drug-likeness (QED) is 0.312. The minimum atomic E-state index is -0.632. The Bertz CT molecular complexity index is 635. The smallest absolute Gasteiger partial charge is 0.354 e. The number of esters is 2. The summed E-state index contributed by atoms with van der Waals surface area (Å²) in [6.45, 7) is 3.83. The molecule has 0 aromatic heterocycles. The van der Waals surface area contributed by atoms with Crippen molar-refractivity contribution in [3.05, 3.63) is 22.2 Å². The van der Waals surface area contributed by atoms with Gasteiger partial charge in [-0.15, -0.1) is 0 Å². The number of hydrogen-bond acceptors (Lipinski definition) is 7. The molecule has 3 N–H and O–H groups in total. The van der Waals surface area contributed by atoms with E-state index in [1.807, 2.05) is 0 Å². The molecule has 0 unspecified atom stereocenters. The Morgan fingerprint density at radius 1 is 1.12 bits per heavy atom. The van der Waals surface area contributed by atoms with Gasteiger partial charge in [-0.1, -0.05) is 23.2 Å². The first-order chi connectivity index (χ1) is 11.4. The summed E-state index contributed by atoms with van der Waals surface area (Å²) < 4.78 is 9.74. The van der Waals surface area contributed by atoms with Gasteiger partial charge in [0, 0.05) is 6.42 Å². The van der Waals surface area contributed by atoms with Crippen molar-refractivity contribution in [2.45, 2.75) is 26.7 Å². The highest BCUT2D eigenvalue weighted by Gasteiger charge is 2.16. The molecule has 0 aliphatic carbocycles. The lowest BCUT2D eigenvalue weighted by molar-refractivity contribution is -0.142. The van der Waals surface area contributed by atoms with E-state index < -0.39 is 11.9 Å². The highest BCUT2D eigenvalue weighted by Crippen LogP contribution is 2.30. The van der Waals surface area contributed by atoms with Crippen LogP contribution in [0.5, 0.6) is 0 Å². The van der Waals surface area contributed by atoms with Gasteiger partial charge in [-0.3, -0.25) is 10.2 Å². The summed E-state index contributed by atoms with van der Waals surface area (Å²) in [5.74, 6) is -1.06. The topological polar surface area (TPSA) is 103 Å². The fourth-order valence-electron chi connectivity index (χ4n) is 1.66. The predicted molar refractivity (Wildman–Crippen MR) is 94.4 cm³/mol. The largest absolute Gasteiger partial charge is 0.466 e. The van der Waals surface area contributed by atoms with E-state index in [9.17, 15) is 9.59 Å². The van der Waals surface area contributed by atoms with Crippen LogP contribution < -0.4 is 11.2 Å². The van der Waals surface area contributed by atoms with E-state index in [1.165, 1.54) is 12.1 Å². The summed E-state index contributed by atoms with van der Waals surface area (Å²) in [4.78, 5) is 23.4. The molecule has 1 rings (SSSR count). The van der Waals surface area contributed by atoms with Crippen LogP contribution in [0.3, 0.4) is 0 Å². The molecule has 0 bridgehead atoms. The Balaban J connectivity index is 2.89. The second kappa shape index (κ2) is 10.00. The van der Waals surface area contributed by atoms with Crippen LogP contribution >= 0.6 is 23.2 Å². The van der Waals surface area contributed by atoms with Gasteiger partial charge in [0.05, 0.1) is 41.1 Å².